The molecule has 0 unspecified atom stereocenters. The van der Waals surface area contributed by atoms with E-state index in [1.165, 1.54) is 0 Å². The first-order valence-corrected chi connectivity index (χ1v) is 11.9. The van der Waals surface area contributed by atoms with Crippen LogP contribution in [0.4, 0.5) is 0 Å². The lowest BCUT2D eigenvalue weighted by atomic mass is 9.94. The van der Waals surface area contributed by atoms with Gasteiger partial charge in [-0.1, -0.05) is 30.3 Å². The molecule has 0 atom stereocenters. The number of piperidine rings is 1. The van der Waals surface area contributed by atoms with Crippen molar-refractivity contribution in [2.45, 2.75) is 24.3 Å². The van der Waals surface area contributed by atoms with Crippen LogP contribution >= 0.6 is 0 Å². The van der Waals surface area contributed by atoms with Gasteiger partial charge in [0.25, 0.3) is 10.0 Å². The summed E-state index contributed by atoms with van der Waals surface area (Å²) in [6.45, 7) is 5.81. The maximum atomic E-state index is 13.2. The van der Waals surface area contributed by atoms with E-state index in [9.17, 15) is 13.2 Å². The Hall–Kier alpha value is -3.44. The number of hydrogen-bond acceptors (Lipinski definition) is 5. The van der Waals surface area contributed by atoms with Gasteiger partial charge in [-0.05, 0) is 42.7 Å². The van der Waals surface area contributed by atoms with Crippen molar-refractivity contribution in [1.29, 1.82) is 5.26 Å². The topological polar surface area (TPSA) is 93.8 Å². The Morgan fingerprint density at radius 3 is 2.53 bits per heavy atom. The van der Waals surface area contributed by atoms with Gasteiger partial charge in [0, 0.05) is 37.7 Å². The van der Waals surface area contributed by atoms with Gasteiger partial charge >= 0.3 is 0 Å². The number of fused-ring (bicyclic) bond motifs is 1. The Balaban J connectivity index is 1.43. The molecule has 164 valence electrons. The van der Waals surface area contributed by atoms with E-state index in [4.69, 9.17) is 5.26 Å². The minimum atomic E-state index is -3.65. The number of benzene rings is 2. The summed E-state index contributed by atoms with van der Waals surface area (Å²) in [5.41, 5.74) is 2.17. The molecule has 7 nitrogen and oxygen atoms in total. The van der Waals surface area contributed by atoms with E-state index in [2.05, 4.69) is 17.0 Å². The summed E-state index contributed by atoms with van der Waals surface area (Å²) in [5, 5.41) is 8.96. The first kappa shape index (κ1) is 21.8. The molecule has 2 heterocycles. The third kappa shape index (κ3) is 4.30. The molecule has 8 heteroatoms. The highest BCUT2D eigenvalue weighted by Crippen LogP contribution is 2.30. The van der Waals surface area contributed by atoms with Gasteiger partial charge in [0.1, 0.15) is 4.90 Å². The van der Waals surface area contributed by atoms with Gasteiger partial charge in [-0.3, -0.25) is 4.79 Å². The molecule has 0 N–H and O–H groups in total. The zero-order chi connectivity index (χ0) is 22.7. The summed E-state index contributed by atoms with van der Waals surface area (Å²) in [5.74, 6) is 0.403. The highest BCUT2D eigenvalue weighted by Gasteiger charge is 2.35. The average molecular weight is 449 g/mol. The Kier molecular flexibility index (Phi) is 6.10. The Morgan fingerprint density at radius 1 is 1.19 bits per heavy atom. The van der Waals surface area contributed by atoms with Crippen molar-refractivity contribution in [1.82, 2.24) is 9.80 Å². The maximum absolute atomic E-state index is 13.2. The number of nitriles is 1. The monoisotopic (exact) mass is 448 g/mol. The van der Waals surface area contributed by atoms with Gasteiger partial charge in [0.15, 0.2) is 5.84 Å². The van der Waals surface area contributed by atoms with E-state index in [0.717, 1.165) is 5.56 Å². The van der Waals surface area contributed by atoms with E-state index in [-0.39, 0.29) is 16.7 Å². The van der Waals surface area contributed by atoms with Crippen molar-refractivity contribution in [2.24, 2.45) is 10.3 Å². The second kappa shape index (κ2) is 8.97. The number of carbonyl (C=O) groups is 1. The normalized spacial score (nSPS) is 17.2. The molecular formula is C24H24N4O3S. The first-order valence-electron chi connectivity index (χ1n) is 10.5. The summed E-state index contributed by atoms with van der Waals surface area (Å²) in [6, 6.07) is 16.2. The molecule has 32 heavy (non-hydrogen) atoms. The van der Waals surface area contributed by atoms with Crippen LogP contribution in [0.1, 0.15) is 29.5 Å². The minimum absolute atomic E-state index is 0.0651. The highest BCUT2D eigenvalue weighted by molar-refractivity contribution is 7.90. The summed E-state index contributed by atoms with van der Waals surface area (Å²) >= 11 is 0. The van der Waals surface area contributed by atoms with Gasteiger partial charge in [-0.25, -0.2) is 0 Å². The molecule has 2 aromatic rings. The summed E-state index contributed by atoms with van der Waals surface area (Å²) < 4.78 is 28.7. The van der Waals surface area contributed by atoms with Gasteiger partial charge in [0.05, 0.1) is 11.6 Å². The number of rotatable bonds is 5. The van der Waals surface area contributed by atoms with Gasteiger partial charge in [-0.15, -0.1) is 11.0 Å². The molecule has 2 aliphatic heterocycles. The quantitative estimate of drug-likeness (QED) is 0.656. The molecule has 1 fully saturated rings. The SMILES string of the molecule is C=CCN(Cc1ccc(C#N)cc1)C(=O)C1CCN(C2=NS(=O)(=O)c3ccccc32)CC1. The summed E-state index contributed by atoms with van der Waals surface area (Å²) in [7, 11) is -3.65. The first-order chi connectivity index (χ1) is 15.4. The van der Waals surface area contributed by atoms with E-state index in [1.807, 2.05) is 23.1 Å². The Labute approximate surface area is 188 Å². The molecule has 1 amide bonds. The number of amidine groups is 1. The van der Waals surface area contributed by atoms with E-state index >= 15 is 0 Å². The molecule has 0 bridgehead atoms. The van der Waals surface area contributed by atoms with Crippen LogP contribution in [0.25, 0.3) is 0 Å². The number of sulfonamides is 1. The molecule has 2 aliphatic rings. The van der Waals surface area contributed by atoms with Crippen LogP contribution in [0.2, 0.25) is 0 Å². The molecule has 1 saturated heterocycles. The number of nitrogens with zero attached hydrogens (tertiary/aromatic N) is 4. The van der Waals surface area contributed by atoms with E-state index < -0.39 is 10.0 Å². The molecule has 2 aromatic carbocycles. The van der Waals surface area contributed by atoms with Crippen molar-refractivity contribution in [3.63, 3.8) is 0 Å². The van der Waals surface area contributed by atoms with Crippen molar-refractivity contribution in [3.05, 3.63) is 77.9 Å². The number of carbonyl (C=O) groups excluding carboxylic acids is 1. The van der Waals surface area contributed by atoms with Crippen molar-refractivity contribution < 1.29 is 13.2 Å². The van der Waals surface area contributed by atoms with Crippen LogP contribution in [0.3, 0.4) is 0 Å². The Morgan fingerprint density at radius 2 is 1.88 bits per heavy atom. The molecule has 0 aliphatic carbocycles. The smallest absolute Gasteiger partial charge is 0.285 e. The number of likely N-dealkylation sites (tertiary alicyclic amines) is 1. The fourth-order valence-electron chi connectivity index (χ4n) is 4.21. The number of amides is 1. The standard InChI is InChI=1S/C24H24N4O3S/c1-2-13-28(17-19-9-7-18(16-25)8-10-19)24(29)20-11-14-27(15-12-20)23-21-5-3-4-6-22(21)32(30,31)26-23/h2-10,20H,1,11-15,17H2. The molecule has 0 radical (unpaired) electrons. The van der Waals surface area contributed by atoms with Crippen LogP contribution in [-0.2, 0) is 21.4 Å². The van der Waals surface area contributed by atoms with Crippen LogP contribution in [0.15, 0.2) is 70.5 Å². The van der Waals surface area contributed by atoms with Crippen LogP contribution < -0.4 is 0 Å². The van der Waals surface area contributed by atoms with Gasteiger partial charge in [-0.2, -0.15) is 13.7 Å². The zero-order valence-electron chi connectivity index (χ0n) is 17.6. The molecule has 0 spiro atoms. The highest BCUT2D eigenvalue weighted by atomic mass is 32.2. The lowest BCUT2D eigenvalue weighted by Gasteiger charge is -2.35. The van der Waals surface area contributed by atoms with Crippen LogP contribution in [0, 0.1) is 17.2 Å². The lowest BCUT2D eigenvalue weighted by molar-refractivity contribution is -0.136. The fraction of sp³-hybridized carbons (Fsp3) is 0.292. The second-order valence-corrected chi connectivity index (χ2v) is 9.54. The second-order valence-electron chi connectivity index (χ2n) is 7.96. The third-order valence-electron chi connectivity index (χ3n) is 5.87. The van der Waals surface area contributed by atoms with Gasteiger partial charge in [0.2, 0.25) is 5.91 Å². The fourth-order valence-corrected chi connectivity index (χ4v) is 5.43. The minimum Gasteiger partial charge on any atom is -0.355 e. The van der Waals surface area contributed by atoms with Crippen LogP contribution in [-0.4, -0.2) is 49.6 Å². The van der Waals surface area contributed by atoms with E-state index in [1.54, 1.807) is 41.3 Å². The van der Waals surface area contributed by atoms with Crippen LogP contribution in [0.5, 0.6) is 0 Å². The maximum Gasteiger partial charge on any atom is 0.285 e. The van der Waals surface area contributed by atoms with Crippen molar-refractivity contribution in [2.75, 3.05) is 19.6 Å². The predicted octanol–water partition coefficient (Wildman–Crippen LogP) is 2.93. The van der Waals surface area contributed by atoms with Crippen molar-refractivity contribution in [3.8, 4) is 6.07 Å². The average Bonchev–Trinajstić information content (AvgIpc) is 3.10. The van der Waals surface area contributed by atoms with E-state index in [0.29, 0.717) is 56.0 Å². The molecular weight excluding hydrogens is 424 g/mol. The lowest BCUT2D eigenvalue weighted by Crippen LogP contribution is -2.44. The van der Waals surface area contributed by atoms with Gasteiger partial charge < -0.3 is 9.80 Å². The largest absolute Gasteiger partial charge is 0.355 e. The summed E-state index contributed by atoms with van der Waals surface area (Å²) in [6.07, 6.45) is 2.97. The zero-order valence-corrected chi connectivity index (χ0v) is 18.5. The third-order valence-corrected chi connectivity index (χ3v) is 7.20. The molecule has 0 aromatic heterocycles. The Bertz CT molecular complexity index is 1200. The summed E-state index contributed by atoms with van der Waals surface area (Å²) in [4.78, 5) is 17.2. The van der Waals surface area contributed by atoms with Crippen molar-refractivity contribution >= 4 is 21.8 Å². The number of hydrogen-bond donors (Lipinski definition) is 0. The molecule has 0 saturated carbocycles. The predicted molar refractivity (Wildman–Crippen MR) is 121 cm³/mol. The molecule has 4 rings (SSSR count).